The van der Waals surface area contributed by atoms with Gasteiger partial charge < -0.3 is 5.43 Å². The number of nitrogens with one attached hydrogen (secondary N) is 1. The van der Waals surface area contributed by atoms with Gasteiger partial charge in [-0.3, -0.25) is 0 Å². The summed E-state index contributed by atoms with van der Waals surface area (Å²) in [6, 6.07) is 16.7. The molecule has 0 heterocycles. The quantitative estimate of drug-likeness (QED) is 0.779. The van der Waals surface area contributed by atoms with Crippen molar-refractivity contribution in [1.29, 1.82) is 0 Å². The predicted octanol–water partition coefficient (Wildman–Crippen LogP) is 5.05. The molecule has 0 fully saturated rings. The predicted molar refractivity (Wildman–Crippen MR) is 104 cm³/mol. The fraction of sp³-hybridized carbons (Fsp3) is 0.381. The highest BCUT2D eigenvalue weighted by atomic mass is 15.5. The van der Waals surface area contributed by atoms with Crippen LogP contribution in [0.25, 0.3) is 0 Å². The minimum Gasteiger partial charge on any atom is -0.317 e. The number of hydrogen-bond acceptors (Lipinski definition) is 3. The zero-order chi connectivity index (χ0) is 17.7. The number of hydrazine groups is 1. The molecule has 2 rings (SSSR count). The Balaban J connectivity index is 2.74. The molecule has 0 aliphatic rings. The molecule has 0 aliphatic heterocycles. The summed E-state index contributed by atoms with van der Waals surface area (Å²) in [5, 5.41) is 2.88. The Morgan fingerprint density at radius 2 is 1.38 bits per heavy atom. The summed E-state index contributed by atoms with van der Waals surface area (Å²) in [4.78, 5) is 5.09. The number of nitrogens with zero attached hydrogens (tertiary/aromatic N) is 2. The summed E-state index contributed by atoms with van der Waals surface area (Å²) in [6.45, 7) is 8.90. The van der Waals surface area contributed by atoms with E-state index in [0.717, 1.165) is 16.7 Å². The van der Waals surface area contributed by atoms with Gasteiger partial charge in [-0.15, -0.1) is 0 Å². The molecular weight excluding hydrogens is 294 g/mol. The molecule has 0 radical (unpaired) electrons. The van der Waals surface area contributed by atoms with E-state index in [1.54, 1.807) is 0 Å². The van der Waals surface area contributed by atoms with Crippen LogP contribution in [0.5, 0.6) is 0 Å². The van der Waals surface area contributed by atoms with E-state index in [4.69, 9.17) is 4.99 Å². The van der Waals surface area contributed by atoms with Crippen LogP contribution in [-0.2, 0) is 0 Å². The molecule has 2 aromatic carbocycles. The van der Waals surface area contributed by atoms with Gasteiger partial charge in [-0.25, -0.2) is 10.0 Å². The third-order valence-electron chi connectivity index (χ3n) is 3.93. The number of rotatable bonds is 5. The minimum atomic E-state index is 0.435. The highest BCUT2D eigenvalue weighted by Gasteiger charge is 2.13. The second-order valence-corrected chi connectivity index (χ2v) is 6.92. The van der Waals surface area contributed by atoms with E-state index in [9.17, 15) is 0 Å². The third kappa shape index (κ3) is 4.45. The standard InChI is InChI=1S/C21H29N3/c1-15(2)17-11-10-12-18(16(3)4)21(17)22-19-13-8-7-9-14-20(19)23-24(5)6/h7-16H,1-6H3,(H,22,23). The summed E-state index contributed by atoms with van der Waals surface area (Å²) in [5.41, 5.74) is 8.05. The van der Waals surface area contributed by atoms with Crippen molar-refractivity contribution in [1.82, 2.24) is 5.01 Å². The van der Waals surface area contributed by atoms with Gasteiger partial charge in [0.2, 0.25) is 0 Å². The number of hydrogen-bond donors (Lipinski definition) is 1. The molecule has 2 aromatic rings. The van der Waals surface area contributed by atoms with Crippen LogP contribution in [0.15, 0.2) is 53.5 Å². The summed E-state index contributed by atoms with van der Waals surface area (Å²) in [5.74, 6) is 0.871. The van der Waals surface area contributed by atoms with Crippen molar-refractivity contribution in [2.45, 2.75) is 39.5 Å². The molecule has 0 aromatic heterocycles. The van der Waals surface area contributed by atoms with Crippen LogP contribution in [-0.4, -0.2) is 19.1 Å². The molecule has 3 nitrogen and oxygen atoms in total. The molecule has 0 atom stereocenters. The summed E-state index contributed by atoms with van der Waals surface area (Å²) in [7, 11) is 3.97. The van der Waals surface area contributed by atoms with Gasteiger partial charge in [-0.2, -0.15) is 0 Å². The number of anilines is 1. The van der Waals surface area contributed by atoms with Crippen molar-refractivity contribution in [2.24, 2.45) is 4.99 Å². The first kappa shape index (κ1) is 18.2. The largest absolute Gasteiger partial charge is 0.317 e. The zero-order valence-corrected chi connectivity index (χ0v) is 15.7. The van der Waals surface area contributed by atoms with E-state index in [0.29, 0.717) is 11.8 Å². The van der Waals surface area contributed by atoms with Crippen LogP contribution < -0.4 is 10.8 Å². The van der Waals surface area contributed by atoms with E-state index in [1.807, 2.05) is 37.3 Å². The van der Waals surface area contributed by atoms with Gasteiger partial charge >= 0.3 is 0 Å². The van der Waals surface area contributed by atoms with Crippen molar-refractivity contribution < 1.29 is 0 Å². The van der Waals surface area contributed by atoms with Gasteiger partial charge in [0.05, 0.1) is 16.7 Å². The normalized spacial score (nSPS) is 12.3. The Hall–Kier alpha value is -2.13. The van der Waals surface area contributed by atoms with E-state index in [2.05, 4.69) is 63.5 Å². The van der Waals surface area contributed by atoms with Crippen LogP contribution in [0.4, 0.5) is 11.4 Å². The van der Waals surface area contributed by atoms with Gasteiger partial charge in [-0.05, 0) is 35.1 Å². The summed E-state index contributed by atoms with van der Waals surface area (Å²) < 4.78 is 0. The Morgan fingerprint density at radius 1 is 0.792 bits per heavy atom. The van der Waals surface area contributed by atoms with Crippen molar-refractivity contribution in [2.75, 3.05) is 19.5 Å². The van der Waals surface area contributed by atoms with E-state index in [1.165, 1.54) is 11.1 Å². The molecule has 0 saturated carbocycles. The Labute approximate surface area is 146 Å². The topological polar surface area (TPSA) is 27.6 Å². The van der Waals surface area contributed by atoms with Gasteiger partial charge in [0.15, 0.2) is 0 Å². The van der Waals surface area contributed by atoms with Crippen LogP contribution in [0, 0.1) is 0 Å². The smallest absolute Gasteiger partial charge is 0.0881 e. The SMILES string of the molecule is CC(C)c1cccc(C(C)C)c1N=c1cccccc1NN(C)C. The van der Waals surface area contributed by atoms with Crippen LogP contribution in [0.3, 0.4) is 0 Å². The van der Waals surface area contributed by atoms with Gasteiger partial charge in [0.1, 0.15) is 0 Å². The minimum absolute atomic E-state index is 0.435. The number of benzene rings is 1. The highest BCUT2D eigenvalue weighted by molar-refractivity contribution is 5.57. The van der Waals surface area contributed by atoms with Crippen molar-refractivity contribution in [3.8, 4) is 0 Å². The Morgan fingerprint density at radius 3 is 1.92 bits per heavy atom. The second kappa shape index (κ2) is 8.11. The summed E-state index contributed by atoms with van der Waals surface area (Å²) >= 11 is 0. The molecule has 128 valence electrons. The van der Waals surface area contributed by atoms with Crippen molar-refractivity contribution in [3.63, 3.8) is 0 Å². The molecule has 0 amide bonds. The van der Waals surface area contributed by atoms with Gasteiger partial charge in [-0.1, -0.05) is 64.1 Å². The summed E-state index contributed by atoms with van der Waals surface area (Å²) in [6.07, 6.45) is 0. The lowest BCUT2D eigenvalue weighted by molar-refractivity contribution is 0.494. The number of para-hydroxylation sites is 1. The molecule has 24 heavy (non-hydrogen) atoms. The van der Waals surface area contributed by atoms with E-state index >= 15 is 0 Å². The van der Waals surface area contributed by atoms with Crippen molar-refractivity contribution >= 4 is 11.4 Å². The monoisotopic (exact) mass is 323 g/mol. The third-order valence-corrected chi connectivity index (χ3v) is 3.93. The van der Waals surface area contributed by atoms with Gasteiger partial charge in [0, 0.05) is 14.1 Å². The molecule has 0 bridgehead atoms. The second-order valence-electron chi connectivity index (χ2n) is 6.92. The van der Waals surface area contributed by atoms with Crippen molar-refractivity contribution in [3.05, 3.63) is 65.0 Å². The lowest BCUT2D eigenvalue weighted by Crippen LogP contribution is -2.23. The molecular formula is C21H29N3. The fourth-order valence-electron chi connectivity index (χ4n) is 2.73. The lowest BCUT2D eigenvalue weighted by Gasteiger charge is -2.17. The maximum Gasteiger partial charge on any atom is 0.0881 e. The first-order valence-electron chi connectivity index (χ1n) is 8.61. The molecule has 3 heteroatoms. The lowest BCUT2D eigenvalue weighted by atomic mass is 9.93. The highest BCUT2D eigenvalue weighted by Crippen LogP contribution is 2.34. The average Bonchev–Trinajstić information content (AvgIpc) is 2.72. The molecule has 0 saturated heterocycles. The van der Waals surface area contributed by atoms with Crippen LogP contribution in [0.1, 0.15) is 50.7 Å². The molecule has 0 spiro atoms. The first-order valence-corrected chi connectivity index (χ1v) is 8.61. The Bertz CT molecular complexity index is 720. The average molecular weight is 323 g/mol. The maximum absolute atomic E-state index is 5.09. The Kier molecular flexibility index (Phi) is 6.16. The van der Waals surface area contributed by atoms with E-state index in [-0.39, 0.29) is 0 Å². The van der Waals surface area contributed by atoms with Crippen LogP contribution in [0.2, 0.25) is 0 Å². The maximum atomic E-state index is 5.09. The van der Waals surface area contributed by atoms with E-state index < -0.39 is 0 Å². The molecule has 1 N–H and O–H groups in total. The van der Waals surface area contributed by atoms with Gasteiger partial charge in [0.25, 0.3) is 0 Å². The van der Waals surface area contributed by atoms with Crippen LogP contribution >= 0.6 is 0 Å². The molecule has 0 aliphatic carbocycles. The molecule has 0 unspecified atom stereocenters. The fourth-order valence-corrected chi connectivity index (χ4v) is 2.73. The zero-order valence-electron chi connectivity index (χ0n) is 15.7. The first-order chi connectivity index (χ1) is 11.4.